The van der Waals surface area contributed by atoms with Crippen LogP contribution in [0.25, 0.3) is 11.1 Å². The first kappa shape index (κ1) is 28.5. The Hall–Kier alpha value is -4.08. The maximum absolute atomic E-state index is 12.4. The maximum atomic E-state index is 12.4. The zero-order valence-electron chi connectivity index (χ0n) is 22.3. The van der Waals surface area contributed by atoms with Crippen LogP contribution in [-0.2, 0) is 19.1 Å². The summed E-state index contributed by atoms with van der Waals surface area (Å²) in [4.78, 5) is 48.0. The van der Waals surface area contributed by atoms with E-state index in [1.54, 1.807) is 20.8 Å². The van der Waals surface area contributed by atoms with Crippen molar-refractivity contribution in [3.63, 3.8) is 0 Å². The van der Waals surface area contributed by atoms with Gasteiger partial charge in [0.15, 0.2) is 0 Å². The zero-order chi connectivity index (χ0) is 27.7. The van der Waals surface area contributed by atoms with Gasteiger partial charge in [-0.1, -0.05) is 48.5 Å². The molecule has 0 aliphatic heterocycles. The summed E-state index contributed by atoms with van der Waals surface area (Å²) in [6.07, 6.45) is 0.0965. The van der Waals surface area contributed by atoms with Crippen molar-refractivity contribution in [3.8, 4) is 11.1 Å². The molecular formula is C28H36N4O6. The van der Waals surface area contributed by atoms with E-state index in [1.807, 2.05) is 24.3 Å². The second-order valence-electron chi connectivity index (χ2n) is 10.1. The first-order valence-electron chi connectivity index (χ1n) is 12.7. The zero-order valence-corrected chi connectivity index (χ0v) is 22.3. The van der Waals surface area contributed by atoms with E-state index >= 15 is 0 Å². The van der Waals surface area contributed by atoms with Gasteiger partial charge >= 0.3 is 12.2 Å². The van der Waals surface area contributed by atoms with E-state index in [4.69, 9.17) is 9.47 Å². The van der Waals surface area contributed by atoms with Crippen molar-refractivity contribution in [2.45, 2.75) is 64.5 Å². The maximum Gasteiger partial charge on any atom is 0.426 e. The number of benzene rings is 2. The predicted octanol–water partition coefficient (Wildman–Crippen LogP) is 3.76. The van der Waals surface area contributed by atoms with Crippen molar-refractivity contribution in [1.29, 1.82) is 0 Å². The molecule has 3 rings (SSSR count). The van der Waals surface area contributed by atoms with Crippen molar-refractivity contribution in [3.05, 3.63) is 59.7 Å². The normalized spacial score (nSPS) is 12.9. The van der Waals surface area contributed by atoms with Gasteiger partial charge in [-0.25, -0.2) is 15.0 Å². The number of amides is 4. The molecule has 4 N–H and O–H groups in total. The van der Waals surface area contributed by atoms with Crippen LogP contribution in [0.15, 0.2) is 48.5 Å². The molecule has 0 aromatic heterocycles. The van der Waals surface area contributed by atoms with Gasteiger partial charge in [0.1, 0.15) is 18.2 Å². The number of carbonyl (C=O) groups excluding carboxylic acids is 4. The van der Waals surface area contributed by atoms with E-state index in [1.165, 1.54) is 6.92 Å². The second-order valence-corrected chi connectivity index (χ2v) is 10.1. The molecule has 0 saturated heterocycles. The van der Waals surface area contributed by atoms with Gasteiger partial charge in [-0.3, -0.25) is 15.0 Å². The highest BCUT2D eigenvalue weighted by atomic mass is 16.6. The highest BCUT2D eigenvalue weighted by Crippen LogP contribution is 2.44. The molecular weight excluding hydrogens is 488 g/mol. The van der Waals surface area contributed by atoms with Crippen LogP contribution in [-0.4, -0.2) is 48.8 Å². The predicted molar refractivity (Wildman–Crippen MR) is 142 cm³/mol. The SMILES string of the molecule is CC(=O)NC(CCCCNC(=O)OCC1c2ccccc2-c2ccccc21)C(=O)NNC(=O)OC(C)(C)C. The van der Waals surface area contributed by atoms with Crippen LogP contribution in [0.2, 0.25) is 0 Å². The molecule has 0 spiro atoms. The summed E-state index contributed by atoms with van der Waals surface area (Å²) in [6, 6.07) is 15.4. The summed E-state index contributed by atoms with van der Waals surface area (Å²) in [7, 11) is 0. The van der Waals surface area contributed by atoms with Crippen molar-refractivity contribution in [1.82, 2.24) is 21.5 Å². The molecule has 2 aromatic carbocycles. The Morgan fingerprint density at radius 1 is 0.868 bits per heavy atom. The molecule has 38 heavy (non-hydrogen) atoms. The molecule has 10 heteroatoms. The minimum absolute atomic E-state index is 0.0145. The molecule has 2 aromatic rings. The Balaban J connectivity index is 1.39. The number of alkyl carbamates (subject to hydrolysis) is 1. The minimum Gasteiger partial charge on any atom is -0.449 e. The Morgan fingerprint density at radius 3 is 2.05 bits per heavy atom. The number of ether oxygens (including phenoxy) is 2. The number of rotatable bonds is 9. The lowest BCUT2D eigenvalue weighted by Gasteiger charge is -2.21. The quantitative estimate of drug-likeness (QED) is 0.291. The van der Waals surface area contributed by atoms with Crippen LogP contribution in [0.1, 0.15) is 64.0 Å². The van der Waals surface area contributed by atoms with Gasteiger partial charge in [0.2, 0.25) is 5.91 Å². The largest absolute Gasteiger partial charge is 0.449 e. The highest BCUT2D eigenvalue weighted by molar-refractivity contribution is 5.87. The monoisotopic (exact) mass is 524 g/mol. The van der Waals surface area contributed by atoms with E-state index in [0.29, 0.717) is 25.8 Å². The summed E-state index contributed by atoms with van der Waals surface area (Å²) >= 11 is 0. The van der Waals surface area contributed by atoms with Crippen LogP contribution < -0.4 is 21.5 Å². The fraction of sp³-hybridized carbons (Fsp3) is 0.429. The molecule has 1 unspecified atom stereocenters. The molecule has 0 heterocycles. The van der Waals surface area contributed by atoms with E-state index in [-0.39, 0.29) is 18.4 Å². The number of hydrazine groups is 1. The molecule has 1 aliphatic carbocycles. The molecule has 0 fully saturated rings. The summed E-state index contributed by atoms with van der Waals surface area (Å²) in [5.74, 6) is -0.964. The van der Waals surface area contributed by atoms with Crippen molar-refractivity contribution in [2.75, 3.05) is 13.2 Å². The topological polar surface area (TPSA) is 135 Å². The number of hydrogen-bond acceptors (Lipinski definition) is 6. The Labute approximate surface area is 222 Å². The number of carbonyl (C=O) groups is 4. The van der Waals surface area contributed by atoms with E-state index < -0.39 is 29.7 Å². The standard InChI is InChI=1S/C28H36N4O6/c1-18(33)30-24(25(34)31-32-27(36)38-28(2,3)4)15-9-10-16-29-26(35)37-17-23-21-13-7-5-11-19(21)20-12-6-8-14-22(20)23/h5-8,11-14,23-24H,9-10,15-17H2,1-4H3,(H,29,35)(H,30,33)(H,31,34)(H,32,36). The molecule has 0 bridgehead atoms. The fourth-order valence-corrected chi connectivity index (χ4v) is 4.33. The average molecular weight is 525 g/mol. The van der Waals surface area contributed by atoms with Gasteiger partial charge in [0.25, 0.3) is 5.91 Å². The van der Waals surface area contributed by atoms with Crippen molar-refractivity contribution >= 4 is 24.0 Å². The van der Waals surface area contributed by atoms with Crippen LogP contribution in [0, 0.1) is 0 Å². The molecule has 0 saturated carbocycles. The molecule has 1 aliphatic rings. The Kier molecular flexibility index (Phi) is 9.70. The van der Waals surface area contributed by atoms with Gasteiger partial charge in [-0.05, 0) is 62.3 Å². The fourth-order valence-electron chi connectivity index (χ4n) is 4.33. The summed E-state index contributed by atoms with van der Waals surface area (Å²) in [6.45, 7) is 6.98. The second kappa shape index (κ2) is 12.9. The highest BCUT2D eigenvalue weighted by Gasteiger charge is 2.29. The van der Waals surface area contributed by atoms with Crippen molar-refractivity contribution in [2.24, 2.45) is 0 Å². The third kappa shape index (κ3) is 8.22. The van der Waals surface area contributed by atoms with Crippen LogP contribution in [0.3, 0.4) is 0 Å². The Morgan fingerprint density at radius 2 is 1.47 bits per heavy atom. The number of fused-ring (bicyclic) bond motifs is 3. The molecule has 204 valence electrons. The summed E-state index contributed by atoms with van der Waals surface area (Å²) < 4.78 is 10.6. The average Bonchev–Trinajstić information content (AvgIpc) is 3.17. The minimum atomic E-state index is -0.850. The summed E-state index contributed by atoms with van der Waals surface area (Å²) in [5, 5.41) is 5.30. The summed E-state index contributed by atoms with van der Waals surface area (Å²) in [5.41, 5.74) is 8.33. The first-order chi connectivity index (χ1) is 18.0. The Bertz CT molecular complexity index is 1110. The number of hydrogen-bond donors (Lipinski definition) is 4. The van der Waals surface area contributed by atoms with Crippen LogP contribution >= 0.6 is 0 Å². The van der Waals surface area contributed by atoms with Gasteiger partial charge in [0, 0.05) is 19.4 Å². The number of unbranched alkanes of at least 4 members (excludes halogenated alkanes) is 1. The van der Waals surface area contributed by atoms with Crippen LogP contribution in [0.4, 0.5) is 9.59 Å². The third-order valence-corrected chi connectivity index (χ3v) is 5.91. The molecule has 4 amide bonds. The van der Waals surface area contributed by atoms with Gasteiger partial charge in [-0.15, -0.1) is 0 Å². The van der Waals surface area contributed by atoms with Gasteiger partial charge < -0.3 is 20.1 Å². The molecule has 10 nitrogen and oxygen atoms in total. The molecule has 0 radical (unpaired) electrons. The smallest absolute Gasteiger partial charge is 0.426 e. The van der Waals surface area contributed by atoms with Crippen LogP contribution in [0.5, 0.6) is 0 Å². The van der Waals surface area contributed by atoms with Gasteiger partial charge in [0.05, 0.1) is 0 Å². The van der Waals surface area contributed by atoms with Crippen molar-refractivity contribution < 1.29 is 28.7 Å². The lowest BCUT2D eigenvalue weighted by molar-refractivity contribution is -0.128. The first-order valence-corrected chi connectivity index (χ1v) is 12.7. The van der Waals surface area contributed by atoms with E-state index in [9.17, 15) is 19.2 Å². The van der Waals surface area contributed by atoms with Gasteiger partial charge in [-0.2, -0.15) is 0 Å². The lowest BCUT2D eigenvalue weighted by Crippen LogP contribution is -2.52. The molecule has 1 atom stereocenters. The third-order valence-electron chi connectivity index (χ3n) is 5.91. The lowest BCUT2D eigenvalue weighted by atomic mass is 9.98. The van der Waals surface area contributed by atoms with E-state index in [0.717, 1.165) is 22.3 Å². The van der Waals surface area contributed by atoms with E-state index in [2.05, 4.69) is 45.8 Å². The number of nitrogens with one attached hydrogen (secondary N) is 4.